The minimum Gasteiger partial charge on any atom is -0.299 e. The van der Waals surface area contributed by atoms with Crippen LogP contribution in [0.5, 0.6) is 0 Å². The molecule has 4 nitrogen and oxygen atoms in total. The van der Waals surface area contributed by atoms with Gasteiger partial charge in [0.15, 0.2) is 15.6 Å². The first-order chi connectivity index (χ1) is 8.75. The molecule has 0 amide bonds. The molecule has 0 radical (unpaired) electrons. The normalized spacial score (nSPS) is 24.4. The van der Waals surface area contributed by atoms with E-state index >= 15 is 0 Å². The zero-order valence-corrected chi connectivity index (χ0v) is 12.3. The zero-order chi connectivity index (χ0) is 14.3. The highest BCUT2D eigenvalue weighted by molar-refractivity contribution is 7.92. The third-order valence-corrected chi connectivity index (χ3v) is 5.98. The Balaban J connectivity index is 2.35. The molecule has 0 spiro atoms. The molecule has 1 aliphatic heterocycles. The fraction of sp³-hybridized carbons (Fsp3) is 0.500. The summed E-state index contributed by atoms with van der Waals surface area (Å²) >= 11 is 0. The average molecular weight is 281 g/mol. The number of likely N-dealkylation sites (tertiary alicyclic amines) is 1. The highest BCUT2D eigenvalue weighted by Crippen LogP contribution is 2.29. The predicted molar refractivity (Wildman–Crippen MR) is 73.7 cm³/mol. The van der Waals surface area contributed by atoms with Gasteiger partial charge in [-0.2, -0.15) is 0 Å². The summed E-state index contributed by atoms with van der Waals surface area (Å²) in [6, 6.07) is 8.20. The number of ketones is 1. The molecule has 104 valence electrons. The molecule has 19 heavy (non-hydrogen) atoms. The van der Waals surface area contributed by atoms with Crippen molar-refractivity contribution in [3.8, 4) is 0 Å². The van der Waals surface area contributed by atoms with Gasteiger partial charge in [0.25, 0.3) is 0 Å². The predicted octanol–water partition coefficient (Wildman–Crippen LogP) is 1.51. The molecular weight excluding hydrogens is 262 g/mol. The summed E-state index contributed by atoms with van der Waals surface area (Å²) in [4.78, 5) is 14.3. The summed E-state index contributed by atoms with van der Waals surface area (Å²) in [5, 5.41) is -0.951. The van der Waals surface area contributed by atoms with Crippen LogP contribution >= 0.6 is 0 Å². The van der Waals surface area contributed by atoms with Crippen LogP contribution < -0.4 is 0 Å². The lowest BCUT2D eigenvalue weighted by atomic mass is 9.90. The first kappa shape index (κ1) is 14.2. The summed E-state index contributed by atoms with van der Waals surface area (Å²) in [6.07, 6.45) is 0.264. The van der Waals surface area contributed by atoms with Crippen molar-refractivity contribution in [3.63, 3.8) is 0 Å². The van der Waals surface area contributed by atoms with Gasteiger partial charge in [-0.25, -0.2) is 8.42 Å². The number of hydrogen-bond donors (Lipinski definition) is 0. The molecule has 0 aromatic heterocycles. The van der Waals surface area contributed by atoms with Crippen LogP contribution in [0.4, 0.5) is 0 Å². The maximum atomic E-state index is 12.5. The van der Waals surface area contributed by atoms with Crippen molar-refractivity contribution in [2.45, 2.75) is 36.0 Å². The number of Topliss-reactive ketones (excluding diaryl/α,β-unsaturated/α-hetero) is 1. The second kappa shape index (κ2) is 4.72. The Bertz CT molecular complexity index is 578. The molecule has 0 saturated carbocycles. The molecule has 1 fully saturated rings. The molecule has 1 atom stereocenters. The minimum absolute atomic E-state index is 0.188. The van der Waals surface area contributed by atoms with Gasteiger partial charge in [0.1, 0.15) is 5.25 Å². The molecular formula is C14H19NO3S. The first-order valence-corrected chi connectivity index (χ1v) is 7.83. The van der Waals surface area contributed by atoms with Gasteiger partial charge in [0.05, 0.1) is 4.90 Å². The molecule has 1 aliphatic rings. The lowest BCUT2D eigenvalue weighted by molar-refractivity contribution is -0.124. The van der Waals surface area contributed by atoms with Crippen LogP contribution in [0, 0.1) is 0 Å². The fourth-order valence-corrected chi connectivity index (χ4v) is 4.03. The van der Waals surface area contributed by atoms with E-state index in [4.69, 9.17) is 0 Å². The van der Waals surface area contributed by atoms with Crippen molar-refractivity contribution in [2.75, 3.05) is 13.6 Å². The summed E-state index contributed by atoms with van der Waals surface area (Å²) in [5.74, 6) is -0.188. The van der Waals surface area contributed by atoms with Gasteiger partial charge < -0.3 is 0 Å². The van der Waals surface area contributed by atoms with Crippen molar-refractivity contribution >= 4 is 15.6 Å². The van der Waals surface area contributed by atoms with E-state index in [9.17, 15) is 13.2 Å². The molecule has 1 aromatic carbocycles. The Morgan fingerprint density at radius 3 is 2.37 bits per heavy atom. The third-order valence-electron chi connectivity index (χ3n) is 3.89. The maximum absolute atomic E-state index is 12.5. The number of carbonyl (C=O) groups is 1. The Morgan fingerprint density at radius 1 is 1.21 bits per heavy atom. The minimum atomic E-state index is -3.59. The molecule has 0 bridgehead atoms. The molecule has 0 N–H and O–H groups in total. The lowest BCUT2D eigenvalue weighted by Crippen LogP contribution is -2.56. The van der Waals surface area contributed by atoms with Crippen molar-refractivity contribution in [2.24, 2.45) is 0 Å². The van der Waals surface area contributed by atoms with Gasteiger partial charge in [-0.05, 0) is 33.0 Å². The van der Waals surface area contributed by atoms with Gasteiger partial charge in [-0.3, -0.25) is 9.69 Å². The molecule has 5 heteroatoms. The molecule has 1 aromatic rings. The smallest absolute Gasteiger partial charge is 0.189 e. The van der Waals surface area contributed by atoms with Crippen LogP contribution in [0.15, 0.2) is 35.2 Å². The number of hydrogen-bond acceptors (Lipinski definition) is 4. The molecule has 1 unspecified atom stereocenters. The van der Waals surface area contributed by atoms with Crippen molar-refractivity contribution in [1.29, 1.82) is 0 Å². The maximum Gasteiger partial charge on any atom is 0.189 e. The van der Waals surface area contributed by atoms with Crippen LogP contribution in [0.1, 0.15) is 20.3 Å². The van der Waals surface area contributed by atoms with Crippen LogP contribution in [-0.2, 0) is 14.6 Å². The number of piperidine rings is 1. The van der Waals surface area contributed by atoms with Crippen molar-refractivity contribution < 1.29 is 13.2 Å². The third kappa shape index (κ3) is 2.58. The van der Waals surface area contributed by atoms with E-state index in [0.717, 1.165) is 0 Å². The largest absolute Gasteiger partial charge is 0.299 e. The van der Waals surface area contributed by atoms with Crippen LogP contribution in [0.25, 0.3) is 0 Å². The van der Waals surface area contributed by atoms with E-state index in [0.29, 0.717) is 0 Å². The zero-order valence-electron chi connectivity index (χ0n) is 11.5. The van der Waals surface area contributed by atoms with E-state index in [1.807, 2.05) is 25.8 Å². The lowest BCUT2D eigenvalue weighted by Gasteiger charge is -2.41. The van der Waals surface area contributed by atoms with Gasteiger partial charge in [-0.1, -0.05) is 18.2 Å². The highest BCUT2D eigenvalue weighted by atomic mass is 32.2. The summed E-state index contributed by atoms with van der Waals surface area (Å²) in [7, 11) is -1.72. The SMILES string of the molecule is CN1CC(S(=O)(=O)c2ccccc2)C(=O)CC1(C)C. The molecule has 0 aliphatic carbocycles. The van der Waals surface area contributed by atoms with Crippen molar-refractivity contribution in [3.05, 3.63) is 30.3 Å². The number of carbonyl (C=O) groups excluding carboxylic acids is 1. The van der Waals surface area contributed by atoms with Crippen LogP contribution in [0.3, 0.4) is 0 Å². The average Bonchev–Trinajstić information content (AvgIpc) is 2.34. The number of nitrogens with zero attached hydrogens (tertiary/aromatic N) is 1. The first-order valence-electron chi connectivity index (χ1n) is 6.28. The summed E-state index contributed by atoms with van der Waals surface area (Å²) < 4.78 is 25.0. The van der Waals surface area contributed by atoms with E-state index < -0.39 is 15.1 Å². The van der Waals surface area contributed by atoms with E-state index in [2.05, 4.69) is 0 Å². The second-order valence-electron chi connectivity index (χ2n) is 5.68. The van der Waals surface area contributed by atoms with Gasteiger partial charge >= 0.3 is 0 Å². The Kier molecular flexibility index (Phi) is 3.53. The number of rotatable bonds is 2. The van der Waals surface area contributed by atoms with E-state index in [1.54, 1.807) is 30.3 Å². The summed E-state index contributed by atoms with van der Waals surface area (Å²) in [6.45, 7) is 4.16. The van der Waals surface area contributed by atoms with Crippen LogP contribution in [-0.4, -0.2) is 43.5 Å². The standard InChI is InChI=1S/C14H19NO3S/c1-14(2)9-12(16)13(10-15(14)3)19(17,18)11-7-5-4-6-8-11/h4-8,13H,9-10H2,1-3H3. The monoisotopic (exact) mass is 281 g/mol. The van der Waals surface area contributed by atoms with Gasteiger partial charge in [-0.15, -0.1) is 0 Å². The molecule has 2 rings (SSSR count). The van der Waals surface area contributed by atoms with Crippen molar-refractivity contribution in [1.82, 2.24) is 4.90 Å². The molecule has 1 saturated heterocycles. The van der Waals surface area contributed by atoms with E-state index in [1.165, 1.54) is 0 Å². The van der Waals surface area contributed by atoms with Crippen LogP contribution in [0.2, 0.25) is 0 Å². The number of sulfone groups is 1. The topological polar surface area (TPSA) is 54.5 Å². The van der Waals surface area contributed by atoms with Gasteiger partial charge in [0, 0.05) is 18.5 Å². The Morgan fingerprint density at radius 2 is 1.79 bits per heavy atom. The Hall–Kier alpha value is -1.20. The number of benzene rings is 1. The summed E-state index contributed by atoms with van der Waals surface area (Å²) in [5.41, 5.74) is -0.278. The highest BCUT2D eigenvalue weighted by Gasteiger charge is 2.43. The van der Waals surface area contributed by atoms with Gasteiger partial charge in [0.2, 0.25) is 0 Å². The molecule has 1 heterocycles. The Labute approximate surface area is 114 Å². The second-order valence-corrected chi connectivity index (χ2v) is 7.81. The quantitative estimate of drug-likeness (QED) is 0.824. The fourth-order valence-electron chi connectivity index (χ4n) is 2.32. The van der Waals surface area contributed by atoms with E-state index in [-0.39, 0.29) is 29.2 Å².